The Hall–Kier alpha value is -2.56. The molecule has 1 aliphatic carbocycles. The molecule has 130 valence electrons. The predicted molar refractivity (Wildman–Crippen MR) is 93.8 cm³/mol. The molecular weight excluding hydrogens is 316 g/mol. The Balaban J connectivity index is 1.42. The van der Waals surface area contributed by atoms with Gasteiger partial charge in [0, 0.05) is 19.2 Å². The van der Waals surface area contributed by atoms with Gasteiger partial charge < -0.3 is 14.4 Å². The molecule has 1 unspecified atom stereocenters. The van der Waals surface area contributed by atoms with Gasteiger partial charge >= 0.3 is 0 Å². The molecule has 0 radical (unpaired) electrons. The molecule has 1 aromatic carbocycles. The lowest BCUT2D eigenvalue weighted by molar-refractivity contribution is -0.133. The van der Waals surface area contributed by atoms with Crippen LogP contribution < -0.4 is 9.47 Å². The van der Waals surface area contributed by atoms with Gasteiger partial charge in [0.2, 0.25) is 5.91 Å². The zero-order valence-electron chi connectivity index (χ0n) is 14.4. The number of rotatable bonds is 5. The van der Waals surface area contributed by atoms with Gasteiger partial charge in [0.05, 0.1) is 25.3 Å². The van der Waals surface area contributed by atoms with Gasteiger partial charge in [-0.05, 0) is 42.7 Å². The summed E-state index contributed by atoms with van der Waals surface area (Å²) in [4.78, 5) is 19.1. The van der Waals surface area contributed by atoms with Gasteiger partial charge in [0.25, 0.3) is 0 Å². The van der Waals surface area contributed by atoms with E-state index in [1.807, 2.05) is 41.3 Å². The van der Waals surface area contributed by atoms with Crippen molar-refractivity contribution in [3.63, 3.8) is 0 Å². The van der Waals surface area contributed by atoms with Crippen molar-refractivity contribution < 1.29 is 14.3 Å². The molecule has 1 aliphatic heterocycles. The molecule has 1 amide bonds. The highest BCUT2D eigenvalue weighted by atomic mass is 16.5. The number of pyridine rings is 1. The topological polar surface area (TPSA) is 51.7 Å². The average Bonchev–Trinajstić information content (AvgIpc) is 3.35. The van der Waals surface area contributed by atoms with Gasteiger partial charge in [-0.2, -0.15) is 0 Å². The fourth-order valence-electron chi connectivity index (χ4n) is 3.58. The molecule has 2 aliphatic rings. The second-order valence-corrected chi connectivity index (χ2v) is 6.78. The van der Waals surface area contributed by atoms with E-state index in [2.05, 4.69) is 4.98 Å². The first-order valence-corrected chi connectivity index (χ1v) is 8.72. The van der Waals surface area contributed by atoms with Crippen LogP contribution >= 0.6 is 0 Å². The van der Waals surface area contributed by atoms with Crippen molar-refractivity contribution in [3.8, 4) is 11.5 Å². The lowest BCUT2D eigenvalue weighted by Crippen LogP contribution is -2.38. The Bertz CT molecular complexity index is 741. The summed E-state index contributed by atoms with van der Waals surface area (Å²) < 4.78 is 11.2. The van der Waals surface area contributed by atoms with Crippen LogP contribution in [0.3, 0.4) is 0 Å². The lowest BCUT2D eigenvalue weighted by atomic mass is 9.94. The summed E-state index contributed by atoms with van der Waals surface area (Å²) in [5, 5.41) is 0. The quantitative estimate of drug-likeness (QED) is 0.841. The summed E-state index contributed by atoms with van der Waals surface area (Å²) in [7, 11) is 1.65. The number of likely N-dealkylation sites (tertiary alicyclic amines) is 1. The normalized spacial score (nSPS) is 21.0. The van der Waals surface area contributed by atoms with E-state index >= 15 is 0 Å². The van der Waals surface area contributed by atoms with E-state index in [-0.39, 0.29) is 17.4 Å². The van der Waals surface area contributed by atoms with Crippen molar-refractivity contribution in [1.29, 1.82) is 0 Å². The molecule has 0 spiro atoms. The molecule has 4 rings (SSSR count). The van der Waals surface area contributed by atoms with Crippen LogP contribution in [-0.4, -0.2) is 42.1 Å². The Kier molecular flexibility index (Phi) is 4.07. The van der Waals surface area contributed by atoms with Crippen LogP contribution in [0.4, 0.5) is 0 Å². The monoisotopic (exact) mass is 338 g/mol. The molecule has 1 atom stereocenters. The van der Waals surface area contributed by atoms with Gasteiger partial charge in [-0.15, -0.1) is 0 Å². The second kappa shape index (κ2) is 6.39. The van der Waals surface area contributed by atoms with E-state index in [4.69, 9.17) is 9.47 Å². The number of nitrogens with zero attached hydrogens (tertiary/aromatic N) is 2. The van der Waals surface area contributed by atoms with Crippen molar-refractivity contribution in [2.75, 3.05) is 20.2 Å². The number of ether oxygens (including phenoxy) is 2. The van der Waals surface area contributed by atoms with Crippen LogP contribution in [0.2, 0.25) is 0 Å². The number of amides is 1. The number of carbonyl (C=O) groups excluding carboxylic acids is 1. The van der Waals surface area contributed by atoms with E-state index < -0.39 is 0 Å². The number of methoxy groups -OCH3 is 1. The molecule has 5 heteroatoms. The smallest absolute Gasteiger partial charge is 0.233 e. The molecule has 2 aromatic rings. The minimum atomic E-state index is -0.338. The molecule has 1 aromatic heterocycles. The Labute approximate surface area is 147 Å². The van der Waals surface area contributed by atoms with E-state index in [0.29, 0.717) is 6.54 Å². The van der Waals surface area contributed by atoms with Gasteiger partial charge in [-0.25, -0.2) is 0 Å². The van der Waals surface area contributed by atoms with E-state index in [1.165, 1.54) is 0 Å². The van der Waals surface area contributed by atoms with Gasteiger partial charge in [-0.3, -0.25) is 9.78 Å². The van der Waals surface area contributed by atoms with Crippen LogP contribution in [0, 0.1) is 0 Å². The maximum Gasteiger partial charge on any atom is 0.233 e. The van der Waals surface area contributed by atoms with E-state index in [1.54, 1.807) is 19.5 Å². The fourth-order valence-corrected chi connectivity index (χ4v) is 3.58. The highest BCUT2D eigenvalue weighted by Crippen LogP contribution is 2.50. The first kappa shape index (κ1) is 15.9. The number of carbonyl (C=O) groups is 1. The fraction of sp³-hybridized carbons (Fsp3) is 0.400. The van der Waals surface area contributed by atoms with Crippen LogP contribution in [0.1, 0.15) is 24.8 Å². The number of benzene rings is 1. The van der Waals surface area contributed by atoms with E-state index in [0.717, 1.165) is 42.9 Å². The number of hydrogen-bond acceptors (Lipinski definition) is 4. The molecule has 1 saturated carbocycles. The third-order valence-corrected chi connectivity index (χ3v) is 5.17. The Morgan fingerprint density at radius 3 is 2.64 bits per heavy atom. The van der Waals surface area contributed by atoms with Crippen molar-refractivity contribution in [3.05, 3.63) is 54.4 Å². The predicted octanol–water partition coefficient (Wildman–Crippen LogP) is 2.80. The highest BCUT2D eigenvalue weighted by molar-refractivity contribution is 5.91. The molecule has 2 heterocycles. The first-order chi connectivity index (χ1) is 12.2. The maximum atomic E-state index is 13.1. The Morgan fingerprint density at radius 1 is 1.20 bits per heavy atom. The van der Waals surface area contributed by atoms with Crippen LogP contribution in [-0.2, 0) is 10.2 Å². The van der Waals surface area contributed by atoms with Gasteiger partial charge in [0.1, 0.15) is 17.6 Å². The molecule has 25 heavy (non-hydrogen) atoms. The zero-order valence-corrected chi connectivity index (χ0v) is 14.4. The lowest BCUT2D eigenvalue weighted by Gasteiger charge is -2.23. The summed E-state index contributed by atoms with van der Waals surface area (Å²) in [6.07, 6.45) is 6.18. The summed E-state index contributed by atoms with van der Waals surface area (Å²) in [6, 6.07) is 11.7. The van der Waals surface area contributed by atoms with Crippen molar-refractivity contribution in [2.45, 2.75) is 30.8 Å². The third kappa shape index (κ3) is 3.06. The van der Waals surface area contributed by atoms with Crippen molar-refractivity contribution >= 4 is 5.91 Å². The van der Waals surface area contributed by atoms with E-state index in [9.17, 15) is 4.79 Å². The molecule has 1 saturated heterocycles. The summed E-state index contributed by atoms with van der Waals surface area (Å²) in [5.74, 6) is 1.81. The van der Waals surface area contributed by atoms with Gasteiger partial charge in [-0.1, -0.05) is 12.1 Å². The highest BCUT2D eigenvalue weighted by Gasteiger charge is 2.53. The largest absolute Gasteiger partial charge is 0.497 e. The van der Waals surface area contributed by atoms with Crippen LogP contribution in [0.15, 0.2) is 48.8 Å². The molecule has 0 bridgehead atoms. The van der Waals surface area contributed by atoms with Crippen LogP contribution in [0.25, 0.3) is 0 Å². The minimum Gasteiger partial charge on any atom is -0.497 e. The summed E-state index contributed by atoms with van der Waals surface area (Å²) in [5.41, 5.74) is 0.755. The second-order valence-electron chi connectivity index (χ2n) is 6.78. The summed E-state index contributed by atoms with van der Waals surface area (Å²) in [6.45, 7) is 1.40. The molecule has 0 N–H and O–H groups in total. The molecule has 2 fully saturated rings. The maximum absolute atomic E-state index is 13.1. The zero-order chi connectivity index (χ0) is 17.3. The summed E-state index contributed by atoms with van der Waals surface area (Å²) >= 11 is 0. The van der Waals surface area contributed by atoms with Gasteiger partial charge in [0.15, 0.2) is 0 Å². The Morgan fingerprint density at radius 2 is 2.00 bits per heavy atom. The standard InChI is InChI=1S/C20H22N2O3/c1-24-16-6-4-15(5-7-16)20(9-10-20)19(23)22-12-8-18(14-22)25-17-3-2-11-21-13-17/h2-7,11,13,18H,8-10,12,14H2,1H3. The van der Waals surface area contributed by atoms with Crippen molar-refractivity contribution in [2.24, 2.45) is 0 Å². The number of hydrogen-bond donors (Lipinski definition) is 0. The first-order valence-electron chi connectivity index (χ1n) is 8.72. The van der Waals surface area contributed by atoms with Crippen molar-refractivity contribution in [1.82, 2.24) is 9.88 Å². The SMILES string of the molecule is COc1ccc(C2(C(=O)N3CCC(Oc4cccnc4)C3)CC2)cc1. The molecule has 5 nitrogen and oxygen atoms in total. The average molecular weight is 338 g/mol. The third-order valence-electron chi connectivity index (χ3n) is 5.17. The minimum absolute atomic E-state index is 0.0415. The number of aromatic nitrogens is 1. The van der Waals surface area contributed by atoms with Crippen LogP contribution in [0.5, 0.6) is 11.5 Å². The molecular formula is C20H22N2O3.